The van der Waals surface area contributed by atoms with Crippen LogP contribution in [0.4, 0.5) is 5.69 Å². The zero-order valence-electron chi connectivity index (χ0n) is 6.44. The summed E-state index contributed by atoms with van der Waals surface area (Å²) in [6, 6.07) is 5.58. The van der Waals surface area contributed by atoms with Gasteiger partial charge in [0.1, 0.15) is 0 Å². The molecule has 11 heavy (non-hydrogen) atoms. The number of benzene rings is 1. The molecule has 3 heteroatoms. The van der Waals surface area contributed by atoms with Gasteiger partial charge in [0, 0.05) is 14.1 Å². The molecule has 0 saturated carbocycles. The average Bonchev–Trinajstić information content (AvgIpc) is 1.94. The first kappa shape index (κ1) is 8.69. The van der Waals surface area contributed by atoms with Crippen LogP contribution in [0.5, 0.6) is 0 Å². The van der Waals surface area contributed by atoms with Gasteiger partial charge in [0.25, 0.3) is 0 Å². The van der Waals surface area contributed by atoms with Crippen LogP contribution in [-0.2, 0) is 0 Å². The third-order valence-electron chi connectivity index (χ3n) is 1.41. The minimum atomic E-state index is 0.595. The number of anilines is 1. The number of halogens is 2. The summed E-state index contributed by atoms with van der Waals surface area (Å²) in [6.45, 7) is 0. The first-order chi connectivity index (χ1) is 5.13. The highest BCUT2D eigenvalue weighted by Crippen LogP contribution is 2.30. The van der Waals surface area contributed by atoms with Gasteiger partial charge in [-0.25, -0.2) is 0 Å². The Morgan fingerprint density at radius 1 is 1.18 bits per heavy atom. The maximum absolute atomic E-state index is 5.91. The third kappa shape index (κ3) is 1.79. The molecule has 0 aromatic heterocycles. The Labute approximate surface area is 76.5 Å². The second kappa shape index (κ2) is 3.33. The van der Waals surface area contributed by atoms with Crippen LogP contribution in [-0.4, -0.2) is 14.1 Å². The molecule has 0 saturated heterocycles. The Morgan fingerprint density at radius 2 is 1.82 bits per heavy atom. The second-order valence-electron chi connectivity index (χ2n) is 2.47. The molecule has 1 nitrogen and oxygen atoms in total. The van der Waals surface area contributed by atoms with Crippen molar-refractivity contribution in [3.63, 3.8) is 0 Å². The average molecular weight is 190 g/mol. The lowest BCUT2D eigenvalue weighted by Gasteiger charge is -2.14. The highest BCUT2D eigenvalue weighted by atomic mass is 35.5. The summed E-state index contributed by atoms with van der Waals surface area (Å²) < 4.78 is 0. The van der Waals surface area contributed by atoms with Gasteiger partial charge < -0.3 is 4.90 Å². The molecular weight excluding hydrogens is 181 g/mol. The Kier molecular flexibility index (Phi) is 2.63. The predicted molar refractivity (Wildman–Crippen MR) is 50.8 cm³/mol. The molecular formula is C8H9Cl2N. The summed E-state index contributed by atoms with van der Waals surface area (Å²) in [4.78, 5) is 1.92. The summed E-state index contributed by atoms with van der Waals surface area (Å²) in [6.07, 6.45) is 0. The third-order valence-corrected chi connectivity index (χ3v) is 2.22. The molecule has 1 rings (SSSR count). The number of rotatable bonds is 1. The first-order valence-corrected chi connectivity index (χ1v) is 4.00. The molecule has 0 atom stereocenters. The van der Waals surface area contributed by atoms with E-state index in [1.165, 1.54) is 0 Å². The molecule has 1 aromatic carbocycles. The van der Waals surface area contributed by atoms with E-state index in [0.29, 0.717) is 10.0 Å². The fraction of sp³-hybridized carbons (Fsp3) is 0.250. The van der Waals surface area contributed by atoms with Crippen LogP contribution in [0.3, 0.4) is 0 Å². The smallest absolute Gasteiger partial charge is 0.0825 e. The lowest BCUT2D eigenvalue weighted by Crippen LogP contribution is -2.08. The fourth-order valence-corrected chi connectivity index (χ4v) is 1.30. The van der Waals surface area contributed by atoms with E-state index >= 15 is 0 Å². The first-order valence-electron chi connectivity index (χ1n) is 3.24. The van der Waals surface area contributed by atoms with Gasteiger partial charge in [-0.05, 0) is 12.1 Å². The molecule has 0 aliphatic carbocycles. The summed E-state index contributed by atoms with van der Waals surface area (Å²) in [5, 5.41) is 1.21. The van der Waals surface area contributed by atoms with E-state index in [9.17, 15) is 0 Å². The fourth-order valence-electron chi connectivity index (χ4n) is 0.838. The number of hydrogen-bond donors (Lipinski definition) is 0. The van der Waals surface area contributed by atoms with Crippen molar-refractivity contribution in [2.45, 2.75) is 0 Å². The van der Waals surface area contributed by atoms with Gasteiger partial charge >= 0.3 is 0 Å². The maximum Gasteiger partial charge on any atom is 0.0825 e. The van der Waals surface area contributed by atoms with Crippen molar-refractivity contribution in [1.29, 1.82) is 0 Å². The van der Waals surface area contributed by atoms with E-state index in [2.05, 4.69) is 0 Å². The Morgan fingerprint density at radius 3 is 2.27 bits per heavy atom. The van der Waals surface area contributed by atoms with E-state index in [4.69, 9.17) is 23.2 Å². The van der Waals surface area contributed by atoms with E-state index in [-0.39, 0.29) is 0 Å². The molecule has 0 aliphatic rings. The quantitative estimate of drug-likeness (QED) is 0.657. The van der Waals surface area contributed by atoms with Gasteiger partial charge in [-0.3, -0.25) is 0 Å². The Hall–Kier alpha value is -0.400. The molecule has 0 spiro atoms. The molecule has 0 unspecified atom stereocenters. The minimum Gasteiger partial charge on any atom is -0.376 e. The van der Waals surface area contributed by atoms with Crippen molar-refractivity contribution in [1.82, 2.24) is 0 Å². The lowest BCUT2D eigenvalue weighted by atomic mass is 10.3. The van der Waals surface area contributed by atoms with Gasteiger partial charge in [0.2, 0.25) is 0 Å². The van der Waals surface area contributed by atoms with Crippen LogP contribution < -0.4 is 4.90 Å². The summed E-state index contributed by atoms with van der Waals surface area (Å²) >= 11 is 11.7. The van der Waals surface area contributed by atoms with Crippen molar-refractivity contribution in [3.8, 4) is 0 Å². The summed E-state index contributed by atoms with van der Waals surface area (Å²) in [7, 11) is 3.86. The summed E-state index contributed by atoms with van der Waals surface area (Å²) in [5.74, 6) is 0. The van der Waals surface area contributed by atoms with Gasteiger partial charge in [0.05, 0.1) is 15.7 Å². The standard InChI is InChI=1S/C8H9Cl2N/c1-11(2)7-5-3-4-6(9)8(7)10/h3-5H,1-2H3. The molecule has 0 fully saturated rings. The van der Waals surface area contributed by atoms with Crippen LogP contribution in [0.15, 0.2) is 18.2 Å². The van der Waals surface area contributed by atoms with Crippen LogP contribution in [0.1, 0.15) is 0 Å². The monoisotopic (exact) mass is 189 g/mol. The zero-order chi connectivity index (χ0) is 8.43. The topological polar surface area (TPSA) is 3.24 Å². The van der Waals surface area contributed by atoms with Crippen LogP contribution in [0, 0.1) is 0 Å². The molecule has 1 aromatic rings. The van der Waals surface area contributed by atoms with E-state index in [1.54, 1.807) is 6.07 Å². The van der Waals surface area contributed by atoms with Crippen molar-refractivity contribution in [2.75, 3.05) is 19.0 Å². The highest BCUT2D eigenvalue weighted by molar-refractivity contribution is 6.43. The van der Waals surface area contributed by atoms with Crippen molar-refractivity contribution in [2.24, 2.45) is 0 Å². The number of nitrogens with zero attached hydrogens (tertiary/aromatic N) is 1. The van der Waals surface area contributed by atoms with Crippen molar-refractivity contribution in [3.05, 3.63) is 28.2 Å². The molecule has 0 heterocycles. The lowest BCUT2D eigenvalue weighted by molar-refractivity contribution is 1.13. The molecule has 0 N–H and O–H groups in total. The molecule has 0 radical (unpaired) electrons. The summed E-state index contributed by atoms with van der Waals surface area (Å²) in [5.41, 5.74) is 0.944. The molecule has 0 aliphatic heterocycles. The van der Waals surface area contributed by atoms with Crippen molar-refractivity contribution >= 4 is 28.9 Å². The molecule has 0 bridgehead atoms. The predicted octanol–water partition coefficient (Wildman–Crippen LogP) is 3.06. The van der Waals surface area contributed by atoms with Gasteiger partial charge in [-0.15, -0.1) is 0 Å². The second-order valence-corrected chi connectivity index (χ2v) is 3.25. The normalized spacial score (nSPS) is 9.82. The van der Waals surface area contributed by atoms with E-state index < -0.39 is 0 Å². The van der Waals surface area contributed by atoms with Crippen LogP contribution in [0.2, 0.25) is 10.0 Å². The SMILES string of the molecule is CN(C)c1cccc(Cl)c1Cl. The Balaban J connectivity index is 3.17. The van der Waals surface area contributed by atoms with Gasteiger partial charge in [-0.2, -0.15) is 0 Å². The Bertz CT molecular complexity index is 258. The van der Waals surface area contributed by atoms with E-state index in [0.717, 1.165) is 5.69 Å². The number of hydrogen-bond acceptors (Lipinski definition) is 1. The van der Waals surface area contributed by atoms with Crippen LogP contribution in [0.25, 0.3) is 0 Å². The van der Waals surface area contributed by atoms with Crippen LogP contribution >= 0.6 is 23.2 Å². The zero-order valence-corrected chi connectivity index (χ0v) is 7.95. The largest absolute Gasteiger partial charge is 0.376 e. The van der Waals surface area contributed by atoms with Gasteiger partial charge in [-0.1, -0.05) is 29.3 Å². The highest BCUT2D eigenvalue weighted by Gasteiger charge is 2.04. The van der Waals surface area contributed by atoms with E-state index in [1.807, 2.05) is 31.1 Å². The van der Waals surface area contributed by atoms with Crippen molar-refractivity contribution < 1.29 is 0 Å². The minimum absolute atomic E-state index is 0.595. The molecule has 0 amide bonds. The van der Waals surface area contributed by atoms with Gasteiger partial charge in [0.15, 0.2) is 0 Å². The molecule has 60 valence electrons. The maximum atomic E-state index is 5.91.